The van der Waals surface area contributed by atoms with Crippen molar-refractivity contribution in [3.05, 3.63) is 29.6 Å². The summed E-state index contributed by atoms with van der Waals surface area (Å²) in [4.78, 5) is 15.6. The van der Waals surface area contributed by atoms with Gasteiger partial charge in [-0.1, -0.05) is 6.92 Å². The van der Waals surface area contributed by atoms with Gasteiger partial charge in [0.15, 0.2) is 0 Å². The van der Waals surface area contributed by atoms with Gasteiger partial charge < -0.3 is 10.4 Å². The Morgan fingerprint density at radius 1 is 1.60 bits per heavy atom. The van der Waals surface area contributed by atoms with Gasteiger partial charge in [0.05, 0.1) is 18.2 Å². The minimum atomic E-state index is -0.188. The number of nitrogens with zero attached hydrogens (tertiary/aromatic N) is 1. The Hall–Kier alpha value is -1.42. The molecule has 0 aliphatic rings. The molecule has 1 heterocycles. The van der Waals surface area contributed by atoms with E-state index in [-0.39, 0.29) is 18.6 Å². The molecule has 0 saturated carbocycles. The van der Waals surface area contributed by atoms with Crippen molar-refractivity contribution in [2.24, 2.45) is 0 Å². The molecule has 1 aromatic rings. The van der Waals surface area contributed by atoms with Crippen molar-refractivity contribution in [3.8, 4) is 0 Å². The summed E-state index contributed by atoms with van der Waals surface area (Å²) in [5.74, 6) is -0.188. The summed E-state index contributed by atoms with van der Waals surface area (Å²) in [6.45, 7) is 3.75. The van der Waals surface area contributed by atoms with Crippen LogP contribution in [0, 0.1) is 6.92 Å². The summed E-state index contributed by atoms with van der Waals surface area (Å²) < 4.78 is 0. The molecule has 0 aliphatic carbocycles. The molecule has 0 fully saturated rings. The van der Waals surface area contributed by atoms with Crippen LogP contribution in [0.15, 0.2) is 18.5 Å². The molecule has 82 valence electrons. The quantitative estimate of drug-likeness (QED) is 0.772. The van der Waals surface area contributed by atoms with Gasteiger partial charge in [-0.3, -0.25) is 9.78 Å². The van der Waals surface area contributed by atoms with Crippen LogP contribution < -0.4 is 5.32 Å². The number of aryl methyl sites for hydroxylation is 1. The summed E-state index contributed by atoms with van der Waals surface area (Å²) in [5, 5.41) is 11.7. The highest BCUT2D eigenvalue weighted by Gasteiger charge is 2.11. The first-order valence-corrected chi connectivity index (χ1v) is 5.00. The second-order valence-corrected chi connectivity index (χ2v) is 3.51. The molecule has 4 nitrogen and oxygen atoms in total. The fraction of sp³-hybridized carbons (Fsp3) is 0.455. The van der Waals surface area contributed by atoms with E-state index in [1.54, 1.807) is 12.3 Å². The average Bonchev–Trinajstić information content (AvgIpc) is 2.25. The monoisotopic (exact) mass is 208 g/mol. The molecule has 0 spiro atoms. The van der Waals surface area contributed by atoms with Crippen LogP contribution in [0.4, 0.5) is 0 Å². The topological polar surface area (TPSA) is 62.2 Å². The average molecular weight is 208 g/mol. The number of amides is 1. The first kappa shape index (κ1) is 11.7. The van der Waals surface area contributed by atoms with E-state index in [0.29, 0.717) is 12.0 Å². The van der Waals surface area contributed by atoms with E-state index in [9.17, 15) is 4.79 Å². The van der Waals surface area contributed by atoms with Crippen molar-refractivity contribution < 1.29 is 9.90 Å². The predicted molar refractivity (Wildman–Crippen MR) is 57.6 cm³/mol. The van der Waals surface area contributed by atoms with E-state index in [2.05, 4.69) is 10.3 Å². The first-order valence-electron chi connectivity index (χ1n) is 5.00. The van der Waals surface area contributed by atoms with Crippen LogP contribution in [0.25, 0.3) is 0 Å². The summed E-state index contributed by atoms with van der Waals surface area (Å²) >= 11 is 0. The lowest BCUT2D eigenvalue weighted by Crippen LogP contribution is -2.36. The number of rotatable bonds is 4. The molecule has 0 aliphatic heterocycles. The van der Waals surface area contributed by atoms with Gasteiger partial charge in [0.2, 0.25) is 0 Å². The van der Waals surface area contributed by atoms with Crippen molar-refractivity contribution in [1.82, 2.24) is 10.3 Å². The number of aromatic nitrogens is 1. The van der Waals surface area contributed by atoms with Crippen LogP contribution in [0.2, 0.25) is 0 Å². The molecule has 0 bridgehead atoms. The minimum absolute atomic E-state index is 0.0402. The Labute approximate surface area is 89.3 Å². The van der Waals surface area contributed by atoms with E-state index in [1.165, 1.54) is 6.20 Å². The number of carbonyl (C=O) groups excluding carboxylic acids is 1. The number of aliphatic hydroxyl groups excluding tert-OH is 1. The van der Waals surface area contributed by atoms with E-state index in [0.717, 1.165) is 5.56 Å². The lowest BCUT2D eigenvalue weighted by atomic mass is 10.2. The smallest absolute Gasteiger partial charge is 0.253 e. The molecule has 1 amide bonds. The zero-order valence-electron chi connectivity index (χ0n) is 9.03. The zero-order chi connectivity index (χ0) is 11.3. The number of hydrogen-bond acceptors (Lipinski definition) is 3. The third-order valence-corrected chi connectivity index (χ3v) is 2.19. The van der Waals surface area contributed by atoms with Crippen LogP contribution in [0.3, 0.4) is 0 Å². The predicted octanol–water partition coefficient (Wildman–Crippen LogP) is 0.891. The maximum atomic E-state index is 11.7. The molecule has 1 rings (SSSR count). The molecular weight excluding hydrogens is 192 g/mol. The van der Waals surface area contributed by atoms with Gasteiger partial charge in [0, 0.05) is 12.4 Å². The number of nitrogens with one attached hydrogen (secondary N) is 1. The van der Waals surface area contributed by atoms with Gasteiger partial charge in [-0.25, -0.2) is 0 Å². The van der Waals surface area contributed by atoms with Crippen molar-refractivity contribution in [2.75, 3.05) is 6.61 Å². The van der Waals surface area contributed by atoms with E-state index in [4.69, 9.17) is 5.11 Å². The highest BCUT2D eigenvalue weighted by Crippen LogP contribution is 2.02. The highest BCUT2D eigenvalue weighted by atomic mass is 16.3. The van der Waals surface area contributed by atoms with E-state index in [1.807, 2.05) is 13.8 Å². The Balaban J connectivity index is 2.68. The lowest BCUT2D eigenvalue weighted by Gasteiger charge is -2.13. The SMILES string of the molecule is CCC(CO)NC(=O)c1cncc(C)c1. The van der Waals surface area contributed by atoms with Crippen molar-refractivity contribution in [1.29, 1.82) is 0 Å². The number of pyridine rings is 1. The van der Waals surface area contributed by atoms with Crippen LogP contribution in [-0.2, 0) is 0 Å². The maximum Gasteiger partial charge on any atom is 0.253 e. The van der Waals surface area contributed by atoms with Gasteiger partial charge in [-0.05, 0) is 25.0 Å². The molecule has 0 aromatic carbocycles. The Kier molecular flexibility index (Phi) is 4.24. The Morgan fingerprint density at radius 2 is 2.33 bits per heavy atom. The van der Waals surface area contributed by atoms with E-state index < -0.39 is 0 Å². The normalized spacial score (nSPS) is 12.2. The fourth-order valence-corrected chi connectivity index (χ4v) is 1.22. The summed E-state index contributed by atoms with van der Waals surface area (Å²) in [6.07, 6.45) is 3.92. The van der Waals surface area contributed by atoms with Crippen LogP contribution in [0.5, 0.6) is 0 Å². The molecule has 2 N–H and O–H groups in total. The molecule has 15 heavy (non-hydrogen) atoms. The minimum Gasteiger partial charge on any atom is -0.394 e. The third-order valence-electron chi connectivity index (χ3n) is 2.19. The Bertz CT molecular complexity index is 335. The summed E-state index contributed by atoms with van der Waals surface area (Å²) in [7, 11) is 0. The molecular formula is C11H16N2O2. The van der Waals surface area contributed by atoms with E-state index >= 15 is 0 Å². The summed E-state index contributed by atoms with van der Waals surface area (Å²) in [5.41, 5.74) is 1.47. The maximum absolute atomic E-state index is 11.7. The second kappa shape index (κ2) is 5.46. The standard InChI is InChI=1S/C11H16N2O2/c1-3-10(7-14)13-11(15)9-4-8(2)5-12-6-9/h4-6,10,14H,3,7H2,1-2H3,(H,13,15). The molecule has 0 saturated heterocycles. The zero-order valence-corrected chi connectivity index (χ0v) is 9.03. The largest absolute Gasteiger partial charge is 0.394 e. The third kappa shape index (κ3) is 3.32. The molecule has 1 aromatic heterocycles. The van der Waals surface area contributed by atoms with Crippen molar-refractivity contribution >= 4 is 5.91 Å². The highest BCUT2D eigenvalue weighted by molar-refractivity contribution is 5.94. The molecule has 4 heteroatoms. The van der Waals surface area contributed by atoms with Gasteiger partial charge in [-0.15, -0.1) is 0 Å². The fourth-order valence-electron chi connectivity index (χ4n) is 1.22. The number of hydrogen-bond donors (Lipinski definition) is 2. The molecule has 1 unspecified atom stereocenters. The second-order valence-electron chi connectivity index (χ2n) is 3.51. The van der Waals surface area contributed by atoms with Crippen LogP contribution >= 0.6 is 0 Å². The summed E-state index contributed by atoms with van der Waals surface area (Å²) in [6, 6.07) is 1.59. The Morgan fingerprint density at radius 3 is 2.87 bits per heavy atom. The van der Waals surface area contributed by atoms with Gasteiger partial charge in [-0.2, -0.15) is 0 Å². The molecule has 1 atom stereocenters. The number of aliphatic hydroxyl groups is 1. The van der Waals surface area contributed by atoms with Crippen molar-refractivity contribution in [3.63, 3.8) is 0 Å². The lowest BCUT2D eigenvalue weighted by molar-refractivity contribution is 0.0914. The van der Waals surface area contributed by atoms with Crippen molar-refractivity contribution in [2.45, 2.75) is 26.3 Å². The first-order chi connectivity index (χ1) is 7.17. The van der Waals surface area contributed by atoms with Crippen LogP contribution in [0.1, 0.15) is 29.3 Å². The van der Waals surface area contributed by atoms with Gasteiger partial charge in [0.1, 0.15) is 0 Å². The molecule has 0 radical (unpaired) electrons. The van der Waals surface area contributed by atoms with Gasteiger partial charge in [0.25, 0.3) is 5.91 Å². The number of carbonyl (C=O) groups is 1. The van der Waals surface area contributed by atoms with Gasteiger partial charge >= 0.3 is 0 Å². The van der Waals surface area contributed by atoms with Crippen LogP contribution in [-0.4, -0.2) is 28.6 Å².